The molecule has 11 heteroatoms. The predicted octanol–water partition coefficient (Wildman–Crippen LogP) is 2.88. The van der Waals surface area contributed by atoms with Crippen LogP contribution in [0.3, 0.4) is 0 Å². The van der Waals surface area contributed by atoms with E-state index in [1.165, 1.54) is 6.33 Å². The summed E-state index contributed by atoms with van der Waals surface area (Å²) in [5.41, 5.74) is 9.25. The maximum atomic E-state index is 12.9. The summed E-state index contributed by atoms with van der Waals surface area (Å²) in [6, 6.07) is 5.42. The minimum Gasteiger partial charge on any atom is -0.444 e. The van der Waals surface area contributed by atoms with Gasteiger partial charge < -0.3 is 25.1 Å². The number of aromatic nitrogens is 6. The molecular formula is C25H28N8O3. The standard InChI is InChI=1S/C25H28N8O3/c1-25(2,3)36-24(34)32-11-16(10-17(32)12-35-4)33-23-21(22(26)29-14-30-23)19(31-33)8-6-15-5-7-18-20(9-15)28-13-27-18/h5,7,9,13-14,16-17H,10-12H2,1-4H3,(H,27,28)(H2,26,29,30)/t16-,17+/m0/s1. The number of amides is 1. The Labute approximate surface area is 208 Å². The number of ether oxygens (including phenoxy) is 2. The van der Waals surface area contributed by atoms with Crippen molar-refractivity contribution in [2.75, 3.05) is 26.0 Å². The summed E-state index contributed by atoms with van der Waals surface area (Å²) in [4.78, 5) is 30.6. The molecule has 5 rings (SSSR count). The van der Waals surface area contributed by atoms with Gasteiger partial charge in [-0.15, -0.1) is 0 Å². The van der Waals surface area contributed by atoms with Gasteiger partial charge in [-0.2, -0.15) is 5.10 Å². The van der Waals surface area contributed by atoms with Gasteiger partial charge in [0, 0.05) is 19.2 Å². The highest BCUT2D eigenvalue weighted by atomic mass is 16.6. The number of H-pyrrole nitrogens is 1. The third-order valence-corrected chi connectivity index (χ3v) is 5.99. The van der Waals surface area contributed by atoms with E-state index in [2.05, 4.69) is 31.8 Å². The molecule has 1 saturated heterocycles. The van der Waals surface area contributed by atoms with Crippen LogP contribution in [0.4, 0.5) is 10.6 Å². The molecule has 1 fully saturated rings. The van der Waals surface area contributed by atoms with E-state index in [-0.39, 0.29) is 18.2 Å². The summed E-state index contributed by atoms with van der Waals surface area (Å²) in [5, 5.41) is 5.37. The van der Waals surface area contributed by atoms with Crippen molar-refractivity contribution >= 4 is 34.0 Å². The van der Waals surface area contributed by atoms with Gasteiger partial charge in [0.1, 0.15) is 23.4 Å². The van der Waals surface area contributed by atoms with Crippen LogP contribution < -0.4 is 5.73 Å². The van der Waals surface area contributed by atoms with E-state index >= 15 is 0 Å². The van der Waals surface area contributed by atoms with Gasteiger partial charge in [-0.1, -0.05) is 5.92 Å². The quantitative estimate of drug-likeness (QED) is 0.420. The number of nitrogens with two attached hydrogens (primary N) is 1. The largest absolute Gasteiger partial charge is 0.444 e. The number of nitrogens with one attached hydrogen (secondary N) is 1. The van der Waals surface area contributed by atoms with Gasteiger partial charge in [0.05, 0.1) is 41.4 Å². The zero-order valence-electron chi connectivity index (χ0n) is 20.6. The number of anilines is 1. The Morgan fingerprint density at radius 3 is 2.86 bits per heavy atom. The number of hydrogen-bond acceptors (Lipinski definition) is 8. The van der Waals surface area contributed by atoms with E-state index in [0.717, 1.165) is 16.6 Å². The van der Waals surface area contributed by atoms with Crippen molar-refractivity contribution in [2.45, 2.75) is 44.9 Å². The van der Waals surface area contributed by atoms with Crippen molar-refractivity contribution in [3.05, 3.63) is 42.1 Å². The lowest BCUT2D eigenvalue weighted by Gasteiger charge is -2.28. The number of nitrogens with zero attached hydrogens (tertiary/aromatic N) is 6. The van der Waals surface area contributed by atoms with Gasteiger partial charge in [-0.3, -0.25) is 0 Å². The molecule has 186 valence electrons. The van der Waals surface area contributed by atoms with Crippen LogP contribution in [0.1, 0.15) is 44.5 Å². The smallest absolute Gasteiger partial charge is 0.410 e. The SMILES string of the molecule is COC[C@H]1C[C@H](n2nc(C#Cc3ccc4nc[nH]c4c3)c3c(N)ncnc32)CN1C(=O)OC(C)(C)C. The Morgan fingerprint density at radius 1 is 1.25 bits per heavy atom. The number of carbonyl (C=O) groups excluding carboxylic acids is 1. The van der Waals surface area contributed by atoms with Crippen molar-refractivity contribution in [3.8, 4) is 11.8 Å². The summed E-state index contributed by atoms with van der Waals surface area (Å²) in [6.45, 7) is 6.32. The summed E-state index contributed by atoms with van der Waals surface area (Å²) >= 11 is 0. The van der Waals surface area contributed by atoms with Gasteiger partial charge in [0.2, 0.25) is 0 Å². The lowest BCUT2D eigenvalue weighted by molar-refractivity contribution is 0.0145. The molecule has 4 aromatic rings. The molecule has 36 heavy (non-hydrogen) atoms. The number of methoxy groups -OCH3 is 1. The third-order valence-electron chi connectivity index (χ3n) is 5.99. The minimum atomic E-state index is -0.602. The van der Waals surface area contributed by atoms with Crippen LogP contribution >= 0.6 is 0 Å². The second-order valence-electron chi connectivity index (χ2n) is 9.77. The number of likely N-dealkylation sites (tertiary alicyclic amines) is 1. The molecule has 0 spiro atoms. The summed E-state index contributed by atoms with van der Waals surface area (Å²) in [5.74, 6) is 6.60. The van der Waals surface area contributed by atoms with Gasteiger partial charge in [0.15, 0.2) is 5.65 Å². The molecule has 3 aromatic heterocycles. The van der Waals surface area contributed by atoms with Crippen LogP contribution in [-0.2, 0) is 9.47 Å². The molecule has 0 bridgehead atoms. The highest BCUT2D eigenvalue weighted by molar-refractivity contribution is 5.90. The molecule has 0 aliphatic carbocycles. The van der Waals surface area contributed by atoms with Crippen molar-refractivity contribution in [3.63, 3.8) is 0 Å². The molecule has 4 heterocycles. The lowest BCUT2D eigenvalue weighted by Crippen LogP contribution is -2.41. The molecule has 0 saturated carbocycles. The van der Waals surface area contributed by atoms with E-state index in [9.17, 15) is 4.79 Å². The van der Waals surface area contributed by atoms with Gasteiger partial charge in [0.25, 0.3) is 0 Å². The zero-order chi connectivity index (χ0) is 25.4. The van der Waals surface area contributed by atoms with Crippen molar-refractivity contribution < 1.29 is 14.3 Å². The van der Waals surface area contributed by atoms with Crippen LogP contribution in [0, 0.1) is 11.8 Å². The fourth-order valence-corrected chi connectivity index (χ4v) is 4.45. The maximum Gasteiger partial charge on any atom is 0.410 e. The molecule has 0 radical (unpaired) electrons. The average molecular weight is 489 g/mol. The number of fused-ring (bicyclic) bond motifs is 2. The van der Waals surface area contributed by atoms with Crippen molar-refractivity contribution in [1.82, 2.24) is 34.6 Å². The first-order valence-corrected chi connectivity index (χ1v) is 11.7. The molecule has 1 aliphatic rings. The van der Waals surface area contributed by atoms with Crippen LogP contribution in [0.25, 0.3) is 22.1 Å². The normalized spacial score (nSPS) is 17.9. The van der Waals surface area contributed by atoms with Crippen molar-refractivity contribution in [2.24, 2.45) is 0 Å². The number of hydrogen-bond donors (Lipinski definition) is 2. The molecule has 0 unspecified atom stereocenters. The number of nitrogen functional groups attached to an aromatic ring is 1. The second-order valence-corrected chi connectivity index (χ2v) is 9.77. The van der Waals surface area contributed by atoms with Gasteiger partial charge in [-0.25, -0.2) is 24.4 Å². The molecule has 1 aliphatic heterocycles. The Hall–Kier alpha value is -4.17. The first-order valence-electron chi connectivity index (χ1n) is 11.7. The van der Waals surface area contributed by atoms with Crippen LogP contribution in [0.2, 0.25) is 0 Å². The molecule has 1 amide bonds. The fraction of sp³-hybridized carbons (Fsp3) is 0.400. The summed E-state index contributed by atoms with van der Waals surface area (Å²) in [7, 11) is 1.62. The number of imidazole rings is 1. The predicted molar refractivity (Wildman–Crippen MR) is 134 cm³/mol. The lowest BCUT2D eigenvalue weighted by atomic mass is 10.2. The Bertz CT molecular complexity index is 1490. The number of rotatable bonds is 3. The Balaban J connectivity index is 1.50. The first-order chi connectivity index (χ1) is 17.2. The second kappa shape index (κ2) is 9.13. The van der Waals surface area contributed by atoms with E-state index in [1.54, 1.807) is 23.0 Å². The number of benzene rings is 1. The van der Waals surface area contributed by atoms with E-state index in [4.69, 9.17) is 20.3 Å². The van der Waals surface area contributed by atoms with Crippen LogP contribution in [0.5, 0.6) is 0 Å². The number of carbonyl (C=O) groups is 1. The minimum absolute atomic E-state index is 0.161. The summed E-state index contributed by atoms with van der Waals surface area (Å²) in [6.07, 6.45) is 3.30. The molecule has 11 nitrogen and oxygen atoms in total. The van der Waals surface area contributed by atoms with Crippen molar-refractivity contribution in [1.29, 1.82) is 0 Å². The van der Waals surface area contributed by atoms with Gasteiger partial charge >= 0.3 is 6.09 Å². The van der Waals surface area contributed by atoms with Crippen LogP contribution in [0.15, 0.2) is 30.9 Å². The third kappa shape index (κ3) is 4.55. The molecule has 2 atom stereocenters. The monoisotopic (exact) mass is 488 g/mol. The average Bonchev–Trinajstić information content (AvgIpc) is 3.53. The van der Waals surface area contributed by atoms with Gasteiger partial charge in [-0.05, 0) is 51.3 Å². The van der Waals surface area contributed by atoms with E-state index in [0.29, 0.717) is 42.1 Å². The van der Waals surface area contributed by atoms with E-state index in [1.807, 2.05) is 39.0 Å². The summed E-state index contributed by atoms with van der Waals surface area (Å²) < 4.78 is 12.8. The topological polar surface area (TPSA) is 137 Å². The number of aromatic amines is 1. The molecule has 1 aromatic carbocycles. The molecular weight excluding hydrogens is 460 g/mol. The molecule has 3 N–H and O–H groups in total. The highest BCUT2D eigenvalue weighted by Gasteiger charge is 2.39. The Morgan fingerprint density at radius 2 is 2.08 bits per heavy atom. The zero-order valence-corrected chi connectivity index (χ0v) is 20.6. The maximum absolute atomic E-state index is 12.9. The fourth-order valence-electron chi connectivity index (χ4n) is 4.45. The highest BCUT2D eigenvalue weighted by Crippen LogP contribution is 2.32. The van der Waals surface area contributed by atoms with Crippen LogP contribution in [-0.4, -0.2) is 72.6 Å². The van der Waals surface area contributed by atoms with E-state index < -0.39 is 5.60 Å². The Kier molecular flexibility index (Phi) is 5.97. The first kappa shape index (κ1) is 23.6.